The highest BCUT2D eigenvalue weighted by Crippen LogP contribution is 2.34. The number of hydrogen-bond acceptors (Lipinski definition) is 2. The number of alkyl halides is 3. The number of fused-ring (bicyclic) bond motifs is 1. The van der Waals surface area contributed by atoms with E-state index in [1.165, 1.54) is 0 Å². The van der Waals surface area contributed by atoms with Crippen LogP contribution < -0.4 is 10.2 Å². The first-order valence-electron chi connectivity index (χ1n) is 5.08. The van der Waals surface area contributed by atoms with E-state index in [9.17, 15) is 18.0 Å². The fourth-order valence-corrected chi connectivity index (χ4v) is 1.97. The molecule has 0 aliphatic carbocycles. The summed E-state index contributed by atoms with van der Waals surface area (Å²) in [5, 5.41) is 2.57. The Morgan fingerprint density at radius 3 is 2.76 bits per heavy atom. The van der Waals surface area contributed by atoms with Crippen molar-refractivity contribution in [1.82, 2.24) is 0 Å². The first-order chi connectivity index (χ1) is 7.87. The molecule has 1 aromatic carbocycles. The van der Waals surface area contributed by atoms with Gasteiger partial charge >= 0.3 is 6.18 Å². The van der Waals surface area contributed by atoms with Crippen molar-refractivity contribution in [2.24, 2.45) is 0 Å². The summed E-state index contributed by atoms with van der Waals surface area (Å²) in [6, 6.07) is 5.02. The van der Waals surface area contributed by atoms with Crippen LogP contribution in [0.4, 0.5) is 24.5 Å². The van der Waals surface area contributed by atoms with Gasteiger partial charge in [0, 0.05) is 0 Å². The average Bonchev–Trinajstić information content (AvgIpc) is 2.13. The standard InChI is InChI=1S/C11H11F3N2O/c1-7-3-2-4-8-10(7)16(5-9(17)15-8)6-11(12,13)14/h2-4H,5-6H2,1H3,(H,15,17). The zero-order chi connectivity index (χ0) is 12.6. The van der Waals surface area contributed by atoms with Crippen molar-refractivity contribution in [3.63, 3.8) is 0 Å². The maximum Gasteiger partial charge on any atom is 0.405 e. The second-order valence-electron chi connectivity index (χ2n) is 3.99. The Hall–Kier alpha value is -1.72. The van der Waals surface area contributed by atoms with Crippen LogP contribution in [0.25, 0.3) is 0 Å². The molecular formula is C11H11F3N2O. The van der Waals surface area contributed by atoms with Crippen LogP contribution in [-0.4, -0.2) is 25.2 Å². The topological polar surface area (TPSA) is 32.3 Å². The largest absolute Gasteiger partial charge is 0.405 e. The van der Waals surface area contributed by atoms with E-state index in [0.717, 1.165) is 4.90 Å². The Bertz CT molecular complexity index is 457. The van der Waals surface area contributed by atoms with Crippen LogP contribution in [0, 0.1) is 6.92 Å². The molecule has 0 unspecified atom stereocenters. The predicted octanol–water partition coefficient (Wildman–Crippen LogP) is 2.32. The highest BCUT2D eigenvalue weighted by atomic mass is 19.4. The maximum atomic E-state index is 12.4. The van der Waals surface area contributed by atoms with E-state index in [0.29, 0.717) is 16.9 Å². The number of amides is 1. The third kappa shape index (κ3) is 2.51. The van der Waals surface area contributed by atoms with E-state index < -0.39 is 18.6 Å². The molecule has 1 aliphatic heterocycles. The van der Waals surface area contributed by atoms with Gasteiger partial charge in [-0.05, 0) is 18.6 Å². The maximum absolute atomic E-state index is 12.4. The minimum Gasteiger partial charge on any atom is -0.351 e. The summed E-state index contributed by atoms with van der Waals surface area (Å²) in [6.45, 7) is 0.343. The molecule has 17 heavy (non-hydrogen) atoms. The molecule has 1 aliphatic rings. The first-order valence-corrected chi connectivity index (χ1v) is 5.08. The van der Waals surface area contributed by atoms with Gasteiger partial charge in [-0.1, -0.05) is 12.1 Å². The summed E-state index contributed by atoms with van der Waals surface area (Å²) in [7, 11) is 0. The van der Waals surface area contributed by atoms with E-state index >= 15 is 0 Å². The molecule has 1 heterocycles. The quantitative estimate of drug-likeness (QED) is 0.822. The first kappa shape index (κ1) is 11.8. The summed E-state index contributed by atoms with van der Waals surface area (Å²) in [5.74, 6) is -0.424. The number of halogens is 3. The number of hydrogen-bond donors (Lipinski definition) is 1. The van der Waals surface area contributed by atoms with Crippen molar-refractivity contribution in [3.05, 3.63) is 23.8 Å². The van der Waals surface area contributed by atoms with Crippen molar-refractivity contribution in [2.75, 3.05) is 23.3 Å². The van der Waals surface area contributed by atoms with E-state index in [1.54, 1.807) is 25.1 Å². The van der Waals surface area contributed by atoms with E-state index in [2.05, 4.69) is 5.32 Å². The smallest absolute Gasteiger partial charge is 0.351 e. The molecule has 0 spiro atoms. The van der Waals surface area contributed by atoms with Gasteiger partial charge in [0.25, 0.3) is 0 Å². The summed E-state index contributed by atoms with van der Waals surface area (Å²) in [5.41, 5.74) is 1.60. The van der Waals surface area contributed by atoms with E-state index in [1.807, 2.05) is 0 Å². The highest BCUT2D eigenvalue weighted by Gasteiger charge is 2.34. The lowest BCUT2D eigenvalue weighted by Crippen LogP contribution is -2.43. The second kappa shape index (κ2) is 3.94. The number of benzene rings is 1. The monoisotopic (exact) mass is 244 g/mol. The Kier molecular flexibility index (Phi) is 2.73. The number of nitrogens with one attached hydrogen (secondary N) is 1. The molecule has 6 heteroatoms. The number of carbonyl (C=O) groups is 1. The molecule has 0 atom stereocenters. The lowest BCUT2D eigenvalue weighted by atomic mass is 10.1. The van der Waals surface area contributed by atoms with Gasteiger partial charge in [-0.2, -0.15) is 13.2 Å². The van der Waals surface area contributed by atoms with Crippen molar-refractivity contribution in [2.45, 2.75) is 13.1 Å². The van der Waals surface area contributed by atoms with Crippen molar-refractivity contribution >= 4 is 17.3 Å². The zero-order valence-corrected chi connectivity index (χ0v) is 9.14. The van der Waals surface area contributed by atoms with Crippen LogP contribution in [-0.2, 0) is 4.79 Å². The zero-order valence-electron chi connectivity index (χ0n) is 9.14. The van der Waals surface area contributed by atoms with Gasteiger partial charge in [0.15, 0.2) is 0 Å². The molecule has 0 saturated carbocycles. The van der Waals surface area contributed by atoms with Gasteiger partial charge in [0.2, 0.25) is 5.91 Å². The Balaban J connectivity index is 2.40. The SMILES string of the molecule is Cc1cccc2c1N(CC(F)(F)F)CC(=O)N2. The summed E-state index contributed by atoms with van der Waals surface area (Å²) in [6.07, 6.45) is -4.32. The van der Waals surface area contributed by atoms with Gasteiger partial charge in [0.1, 0.15) is 6.54 Å². The molecule has 0 fully saturated rings. The molecule has 1 aromatic rings. The molecule has 0 aromatic heterocycles. The number of para-hydroxylation sites is 1. The Morgan fingerprint density at radius 2 is 2.12 bits per heavy atom. The fourth-order valence-electron chi connectivity index (χ4n) is 1.97. The lowest BCUT2D eigenvalue weighted by Gasteiger charge is -2.32. The number of aryl methyl sites for hydroxylation is 1. The molecule has 0 bridgehead atoms. The minimum absolute atomic E-state index is 0.267. The third-order valence-electron chi connectivity index (χ3n) is 2.53. The van der Waals surface area contributed by atoms with Gasteiger partial charge < -0.3 is 10.2 Å². The summed E-state index contributed by atoms with van der Waals surface area (Å²) in [4.78, 5) is 12.4. The highest BCUT2D eigenvalue weighted by molar-refractivity contribution is 6.01. The second-order valence-corrected chi connectivity index (χ2v) is 3.99. The summed E-state index contributed by atoms with van der Waals surface area (Å²) >= 11 is 0. The Morgan fingerprint density at radius 1 is 1.41 bits per heavy atom. The van der Waals surface area contributed by atoms with Crippen LogP contribution in [0.5, 0.6) is 0 Å². The van der Waals surface area contributed by atoms with Crippen molar-refractivity contribution < 1.29 is 18.0 Å². The van der Waals surface area contributed by atoms with Gasteiger partial charge in [-0.15, -0.1) is 0 Å². The van der Waals surface area contributed by atoms with Gasteiger partial charge in [-0.3, -0.25) is 4.79 Å². The van der Waals surface area contributed by atoms with Crippen LogP contribution in [0.1, 0.15) is 5.56 Å². The van der Waals surface area contributed by atoms with Crippen LogP contribution in [0.15, 0.2) is 18.2 Å². The molecule has 1 amide bonds. The molecule has 0 saturated heterocycles. The number of anilines is 2. The van der Waals surface area contributed by atoms with E-state index in [4.69, 9.17) is 0 Å². The van der Waals surface area contributed by atoms with Crippen LogP contribution in [0.3, 0.4) is 0 Å². The molecule has 0 radical (unpaired) electrons. The molecular weight excluding hydrogens is 233 g/mol. The van der Waals surface area contributed by atoms with Gasteiger partial charge in [0.05, 0.1) is 17.9 Å². The Labute approximate surface area is 96.2 Å². The minimum atomic E-state index is -4.32. The van der Waals surface area contributed by atoms with Crippen molar-refractivity contribution in [1.29, 1.82) is 0 Å². The third-order valence-corrected chi connectivity index (χ3v) is 2.53. The van der Waals surface area contributed by atoms with Crippen LogP contribution >= 0.6 is 0 Å². The number of nitrogens with zero attached hydrogens (tertiary/aromatic N) is 1. The lowest BCUT2D eigenvalue weighted by molar-refractivity contribution is -0.122. The average molecular weight is 244 g/mol. The normalized spacial score (nSPS) is 15.5. The summed E-state index contributed by atoms with van der Waals surface area (Å²) < 4.78 is 37.3. The van der Waals surface area contributed by atoms with Crippen molar-refractivity contribution in [3.8, 4) is 0 Å². The van der Waals surface area contributed by atoms with Crippen LogP contribution in [0.2, 0.25) is 0 Å². The number of carbonyl (C=O) groups excluding carboxylic acids is 1. The van der Waals surface area contributed by atoms with E-state index in [-0.39, 0.29) is 6.54 Å². The van der Waals surface area contributed by atoms with Gasteiger partial charge in [-0.25, -0.2) is 0 Å². The number of rotatable bonds is 1. The predicted molar refractivity (Wildman–Crippen MR) is 58.1 cm³/mol. The molecule has 92 valence electrons. The molecule has 1 N–H and O–H groups in total. The molecule has 3 nitrogen and oxygen atoms in total. The molecule has 2 rings (SSSR count). The fraction of sp³-hybridized carbons (Fsp3) is 0.364.